The summed E-state index contributed by atoms with van der Waals surface area (Å²) in [5, 5.41) is 6.13. The van der Waals surface area contributed by atoms with Crippen LogP contribution in [0.3, 0.4) is 0 Å². The van der Waals surface area contributed by atoms with E-state index in [1.807, 2.05) is 0 Å². The Balaban J connectivity index is 0.00000210. The van der Waals surface area contributed by atoms with Crippen LogP contribution in [0.1, 0.15) is 13.3 Å². The zero-order valence-corrected chi connectivity index (χ0v) is 16.8. The van der Waals surface area contributed by atoms with Crippen LogP contribution >= 0.6 is 12.4 Å². The van der Waals surface area contributed by atoms with Crippen molar-refractivity contribution in [2.24, 2.45) is 0 Å². The molecule has 4 rings (SSSR count). The van der Waals surface area contributed by atoms with Gasteiger partial charge < -0.3 is 15.1 Å². The molecule has 0 amide bonds. The summed E-state index contributed by atoms with van der Waals surface area (Å²) in [5.74, 6) is 0. The SMILES string of the molecule is CCN1CCN(CCCNc2c3ccccc3nc3ccccc23)CC1.Cl. The molecule has 27 heavy (non-hydrogen) atoms. The van der Waals surface area contributed by atoms with Gasteiger partial charge in [0.1, 0.15) is 0 Å². The number of benzene rings is 2. The van der Waals surface area contributed by atoms with Crippen LogP contribution in [-0.4, -0.2) is 60.6 Å². The molecule has 2 aromatic carbocycles. The predicted octanol–water partition coefficient (Wildman–Crippen LogP) is 4.25. The Labute approximate surface area is 168 Å². The highest BCUT2D eigenvalue weighted by molar-refractivity contribution is 6.07. The Morgan fingerprint density at radius 3 is 2.00 bits per heavy atom. The molecule has 1 N–H and O–H groups in total. The van der Waals surface area contributed by atoms with E-state index in [0.717, 1.165) is 24.0 Å². The molecule has 0 atom stereocenters. The minimum atomic E-state index is 0. The van der Waals surface area contributed by atoms with Crippen molar-refractivity contribution in [2.45, 2.75) is 13.3 Å². The van der Waals surface area contributed by atoms with E-state index in [0.29, 0.717) is 0 Å². The monoisotopic (exact) mass is 384 g/mol. The summed E-state index contributed by atoms with van der Waals surface area (Å²) < 4.78 is 0. The van der Waals surface area contributed by atoms with E-state index in [-0.39, 0.29) is 12.4 Å². The molecule has 5 heteroatoms. The maximum atomic E-state index is 4.80. The third kappa shape index (κ3) is 4.52. The molecule has 3 aromatic rings. The minimum Gasteiger partial charge on any atom is -0.384 e. The van der Waals surface area contributed by atoms with Crippen LogP contribution in [-0.2, 0) is 0 Å². The normalized spacial score (nSPS) is 15.7. The standard InChI is InChI=1S/C22H28N4.ClH/c1-2-25-14-16-26(17-15-25)13-7-12-23-22-18-8-3-5-10-20(18)24-21-11-6-4-9-19(21)22;/h3-6,8-11H,2,7,12-17H2,1H3,(H,23,24);1H. The number of anilines is 1. The summed E-state index contributed by atoms with van der Waals surface area (Å²) >= 11 is 0. The first-order valence-corrected chi connectivity index (χ1v) is 9.81. The molecule has 144 valence electrons. The van der Waals surface area contributed by atoms with Crippen LogP contribution in [0.15, 0.2) is 48.5 Å². The molecule has 4 nitrogen and oxygen atoms in total. The average Bonchev–Trinajstić information content (AvgIpc) is 2.71. The van der Waals surface area contributed by atoms with Gasteiger partial charge in [-0.1, -0.05) is 43.3 Å². The highest BCUT2D eigenvalue weighted by Gasteiger charge is 2.14. The van der Waals surface area contributed by atoms with Crippen molar-refractivity contribution >= 4 is 39.9 Å². The number of rotatable bonds is 6. The number of hydrogen-bond donors (Lipinski definition) is 1. The van der Waals surface area contributed by atoms with Crippen molar-refractivity contribution in [3.8, 4) is 0 Å². The largest absolute Gasteiger partial charge is 0.384 e. The molecule has 1 fully saturated rings. The smallest absolute Gasteiger partial charge is 0.0730 e. The molecular weight excluding hydrogens is 356 g/mol. The molecular formula is C22H29ClN4. The maximum absolute atomic E-state index is 4.80. The second-order valence-electron chi connectivity index (χ2n) is 7.08. The molecule has 1 aromatic heterocycles. The molecule has 0 spiro atoms. The summed E-state index contributed by atoms with van der Waals surface area (Å²) in [7, 11) is 0. The van der Waals surface area contributed by atoms with Crippen molar-refractivity contribution in [3.05, 3.63) is 48.5 Å². The van der Waals surface area contributed by atoms with Gasteiger partial charge in [-0.2, -0.15) is 0 Å². The van der Waals surface area contributed by atoms with Crippen LogP contribution < -0.4 is 5.32 Å². The van der Waals surface area contributed by atoms with Gasteiger partial charge >= 0.3 is 0 Å². The van der Waals surface area contributed by atoms with E-state index < -0.39 is 0 Å². The summed E-state index contributed by atoms with van der Waals surface area (Å²) in [6.07, 6.45) is 1.16. The number of pyridine rings is 1. The Morgan fingerprint density at radius 2 is 1.41 bits per heavy atom. The number of nitrogens with one attached hydrogen (secondary N) is 1. The first kappa shape index (κ1) is 19.9. The first-order chi connectivity index (χ1) is 12.8. The topological polar surface area (TPSA) is 31.4 Å². The highest BCUT2D eigenvalue weighted by atomic mass is 35.5. The van der Waals surface area contributed by atoms with E-state index in [4.69, 9.17) is 4.98 Å². The number of nitrogens with zero attached hydrogens (tertiary/aromatic N) is 3. The third-order valence-electron chi connectivity index (χ3n) is 5.45. The molecule has 1 aliphatic heterocycles. The Morgan fingerprint density at radius 1 is 0.852 bits per heavy atom. The molecule has 1 aliphatic rings. The van der Waals surface area contributed by atoms with Crippen molar-refractivity contribution in [3.63, 3.8) is 0 Å². The molecule has 0 unspecified atom stereocenters. The summed E-state index contributed by atoms with van der Waals surface area (Å²) in [4.78, 5) is 9.93. The molecule has 0 radical (unpaired) electrons. The van der Waals surface area contributed by atoms with Gasteiger partial charge in [-0.05, 0) is 31.6 Å². The predicted molar refractivity (Wildman–Crippen MR) is 118 cm³/mol. The third-order valence-corrected chi connectivity index (χ3v) is 5.45. The average molecular weight is 385 g/mol. The van der Waals surface area contributed by atoms with E-state index in [2.05, 4.69) is 70.6 Å². The van der Waals surface area contributed by atoms with Crippen LogP contribution in [0.4, 0.5) is 5.69 Å². The summed E-state index contributed by atoms with van der Waals surface area (Å²) in [5.41, 5.74) is 3.34. The zero-order chi connectivity index (χ0) is 17.8. The number of fused-ring (bicyclic) bond motifs is 2. The second kappa shape index (κ2) is 9.36. The fourth-order valence-corrected chi connectivity index (χ4v) is 3.88. The minimum absolute atomic E-state index is 0. The molecule has 0 saturated carbocycles. The van der Waals surface area contributed by atoms with Crippen LogP contribution in [0.5, 0.6) is 0 Å². The van der Waals surface area contributed by atoms with Gasteiger partial charge in [-0.3, -0.25) is 0 Å². The van der Waals surface area contributed by atoms with Crippen molar-refractivity contribution in [1.29, 1.82) is 0 Å². The number of piperazine rings is 1. The number of hydrogen-bond acceptors (Lipinski definition) is 4. The lowest BCUT2D eigenvalue weighted by Gasteiger charge is -2.34. The molecule has 0 aliphatic carbocycles. The zero-order valence-electron chi connectivity index (χ0n) is 16.0. The Bertz CT molecular complexity index is 820. The van der Waals surface area contributed by atoms with E-state index >= 15 is 0 Å². The maximum Gasteiger partial charge on any atom is 0.0730 e. The number of halogens is 1. The highest BCUT2D eigenvalue weighted by Crippen LogP contribution is 2.30. The molecule has 2 heterocycles. The van der Waals surface area contributed by atoms with E-state index in [1.54, 1.807) is 0 Å². The lowest BCUT2D eigenvalue weighted by atomic mass is 10.1. The summed E-state index contributed by atoms with van der Waals surface area (Å²) in [6, 6.07) is 16.8. The van der Waals surface area contributed by atoms with Crippen molar-refractivity contribution in [2.75, 3.05) is 51.1 Å². The Kier molecular flexibility index (Phi) is 6.89. The first-order valence-electron chi connectivity index (χ1n) is 9.81. The molecule has 1 saturated heterocycles. The second-order valence-corrected chi connectivity index (χ2v) is 7.08. The van der Waals surface area contributed by atoms with Gasteiger partial charge in [0.15, 0.2) is 0 Å². The van der Waals surface area contributed by atoms with Crippen molar-refractivity contribution < 1.29 is 0 Å². The fourth-order valence-electron chi connectivity index (χ4n) is 3.88. The van der Waals surface area contributed by atoms with Crippen LogP contribution in [0.2, 0.25) is 0 Å². The lowest BCUT2D eigenvalue weighted by molar-refractivity contribution is 0.137. The van der Waals surface area contributed by atoms with Gasteiger partial charge in [0.05, 0.1) is 16.7 Å². The van der Waals surface area contributed by atoms with Crippen LogP contribution in [0, 0.1) is 0 Å². The van der Waals surface area contributed by atoms with Gasteiger partial charge in [-0.25, -0.2) is 4.98 Å². The quantitative estimate of drug-likeness (QED) is 0.508. The van der Waals surface area contributed by atoms with Gasteiger partial charge in [-0.15, -0.1) is 12.4 Å². The number of likely N-dealkylation sites (N-methyl/N-ethyl adjacent to an activating group) is 1. The molecule has 0 bridgehead atoms. The number of aromatic nitrogens is 1. The van der Waals surface area contributed by atoms with Crippen LogP contribution in [0.25, 0.3) is 21.8 Å². The Hall–Kier alpha value is -1.88. The fraction of sp³-hybridized carbons (Fsp3) is 0.409. The summed E-state index contributed by atoms with van der Waals surface area (Å²) in [6.45, 7) is 10.4. The van der Waals surface area contributed by atoms with Gasteiger partial charge in [0.2, 0.25) is 0 Å². The van der Waals surface area contributed by atoms with Crippen molar-refractivity contribution in [1.82, 2.24) is 14.8 Å². The van der Waals surface area contributed by atoms with E-state index in [1.165, 1.54) is 55.7 Å². The van der Waals surface area contributed by atoms with Gasteiger partial charge in [0, 0.05) is 43.5 Å². The lowest BCUT2D eigenvalue weighted by Crippen LogP contribution is -2.46. The van der Waals surface area contributed by atoms with Gasteiger partial charge in [0.25, 0.3) is 0 Å². The number of para-hydroxylation sites is 2. The van der Waals surface area contributed by atoms with E-state index in [9.17, 15) is 0 Å².